The van der Waals surface area contributed by atoms with Crippen LogP contribution in [0, 0.1) is 0 Å². The van der Waals surface area contributed by atoms with Crippen LogP contribution in [0.2, 0.25) is 5.02 Å². The van der Waals surface area contributed by atoms with Crippen LogP contribution in [0.1, 0.15) is 42.1 Å². The van der Waals surface area contributed by atoms with E-state index in [1.54, 1.807) is 12.3 Å². The van der Waals surface area contributed by atoms with Crippen molar-refractivity contribution in [1.29, 1.82) is 0 Å². The van der Waals surface area contributed by atoms with Gasteiger partial charge >= 0.3 is 0 Å². The highest BCUT2D eigenvalue weighted by molar-refractivity contribution is 6.30. The summed E-state index contributed by atoms with van der Waals surface area (Å²) < 4.78 is 2.21. The Labute approximate surface area is 128 Å². The highest BCUT2D eigenvalue weighted by atomic mass is 35.5. The summed E-state index contributed by atoms with van der Waals surface area (Å²) in [5.41, 5.74) is 0.557. The highest BCUT2D eigenvalue weighted by Gasteiger charge is 2.26. The quantitative estimate of drug-likeness (QED) is 0.948. The van der Waals surface area contributed by atoms with Crippen LogP contribution in [-0.4, -0.2) is 38.4 Å². The average Bonchev–Trinajstić information content (AvgIpc) is 3.15. The van der Waals surface area contributed by atoms with Gasteiger partial charge in [0.15, 0.2) is 0 Å². The van der Waals surface area contributed by atoms with Gasteiger partial charge < -0.3 is 14.5 Å². The average molecular weight is 307 g/mol. The maximum atomic E-state index is 12.5. The zero-order chi connectivity index (χ0) is 14.8. The molecule has 0 saturated carbocycles. The molecule has 0 unspecified atom stereocenters. The van der Waals surface area contributed by atoms with Crippen molar-refractivity contribution in [2.75, 3.05) is 13.1 Å². The first-order valence-electron chi connectivity index (χ1n) is 7.34. The molecule has 0 bridgehead atoms. The van der Waals surface area contributed by atoms with Gasteiger partial charge in [-0.1, -0.05) is 18.5 Å². The molecule has 2 aromatic heterocycles. The predicted octanol–water partition coefficient (Wildman–Crippen LogP) is 2.90. The molecule has 5 nitrogen and oxygen atoms in total. The van der Waals surface area contributed by atoms with Gasteiger partial charge in [0.2, 0.25) is 0 Å². The highest BCUT2D eigenvalue weighted by Crippen LogP contribution is 2.24. The standard InChI is InChI=1S/C15H19ClN4O/c1-2-14-17-5-7-20(14)12-4-3-6-19(10-12)15(21)13-8-11(16)9-18-13/h5,7-9,12,18H,2-4,6,10H2,1H3/t12-/m0/s1. The Morgan fingerprint density at radius 1 is 1.57 bits per heavy atom. The molecule has 1 amide bonds. The lowest BCUT2D eigenvalue weighted by Crippen LogP contribution is -2.41. The Morgan fingerprint density at radius 3 is 3.14 bits per heavy atom. The Kier molecular flexibility index (Phi) is 4.01. The first-order valence-corrected chi connectivity index (χ1v) is 7.71. The molecule has 0 aliphatic carbocycles. The molecule has 21 heavy (non-hydrogen) atoms. The maximum Gasteiger partial charge on any atom is 0.270 e. The molecule has 1 aliphatic rings. The van der Waals surface area contributed by atoms with E-state index in [1.165, 1.54) is 0 Å². The number of imidazole rings is 1. The van der Waals surface area contributed by atoms with Crippen molar-refractivity contribution in [3.8, 4) is 0 Å². The fraction of sp³-hybridized carbons (Fsp3) is 0.467. The molecule has 2 aromatic rings. The van der Waals surface area contributed by atoms with Crippen LogP contribution < -0.4 is 0 Å². The monoisotopic (exact) mass is 306 g/mol. The van der Waals surface area contributed by atoms with Crippen molar-refractivity contribution in [3.05, 3.63) is 41.2 Å². The summed E-state index contributed by atoms with van der Waals surface area (Å²) in [4.78, 5) is 21.7. The lowest BCUT2D eigenvalue weighted by molar-refractivity contribution is 0.0672. The van der Waals surface area contributed by atoms with Crippen molar-refractivity contribution < 1.29 is 4.79 Å². The fourth-order valence-electron chi connectivity index (χ4n) is 2.98. The van der Waals surface area contributed by atoms with Crippen molar-refractivity contribution in [1.82, 2.24) is 19.4 Å². The van der Waals surface area contributed by atoms with Crippen LogP contribution in [-0.2, 0) is 6.42 Å². The molecule has 112 valence electrons. The Hall–Kier alpha value is -1.75. The third kappa shape index (κ3) is 2.83. The summed E-state index contributed by atoms with van der Waals surface area (Å²) in [5.74, 6) is 1.10. The second-order valence-corrected chi connectivity index (χ2v) is 5.82. The van der Waals surface area contributed by atoms with E-state index in [2.05, 4.69) is 21.5 Å². The van der Waals surface area contributed by atoms with Crippen molar-refractivity contribution in [2.45, 2.75) is 32.2 Å². The number of aryl methyl sites for hydroxylation is 1. The zero-order valence-corrected chi connectivity index (χ0v) is 12.8. The van der Waals surface area contributed by atoms with E-state index in [0.717, 1.165) is 38.2 Å². The van der Waals surface area contributed by atoms with Gasteiger partial charge in [-0.3, -0.25) is 4.79 Å². The van der Waals surface area contributed by atoms with Crippen LogP contribution in [0.15, 0.2) is 24.7 Å². The van der Waals surface area contributed by atoms with Gasteiger partial charge in [0.1, 0.15) is 11.5 Å². The number of halogens is 1. The largest absolute Gasteiger partial charge is 0.356 e. The Morgan fingerprint density at radius 2 is 2.43 bits per heavy atom. The van der Waals surface area contributed by atoms with Gasteiger partial charge in [-0.25, -0.2) is 4.98 Å². The third-order valence-electron chi connectivity index (χ3n) is 4.02. The van der Waals surface area contributed by atoms with E-state index in [9.17, 15) is 4.79 Å². The molecule has 1 atom stereocenters. The number of aromatic amines is 1. The van der Waals surface area contributed by atoms with E-state index in [4.69, 9.17) is 11.6 Å². The van der Waals surface area contributed by atoms with E-state index in [-0.39, 0.29) is 5.91 Å². The minimum atomic E-state index is 0.0183. The Balaban J connectivity index is 1.75. The molecule has 0 spiro atoms. The van der Waals surface area contributed by atoms with Gasteiger partial charge in [0.05, 0.1) is 11.1 Å². The number of H-pyrrole nitrogens is 1. The minimum Gasteiger partial charge on any atom is -0.356 e. The number of rotatable bonds is 3. The van der Waals surface area contributed by atoms with Crippen LogP contribution in [0.4, 0.5) is 0 Å². The summed E-state index contributed by atoms with van der Waals surface area (Å²) >= 11 is 5.88. The third-order valence-corrected chi connectivity index (χ3v) is 4.24. The van der Waals surface area contributed by atoms with Gasteiger partial charge in [-0.15, -0.1) is 0 Å². The molecule has 1 fully saturated rings. The Bertz CT molecular complexity index is 633. The van der Waals surface area contributed by atoms with Crippen LogP contribution in [0.5, 0.6) is 0 Å². The van der Waals surface area contributed by atoms with Crippen LogP contribution in [0.25, 0.3) is 0 Å². The lowest BCUT2D eigenvalue weighted by Gasteiger charge is -2.33. The second-order valence-electron chi connectivity index (χ2n) is 5.38. The van der Waals surface area contributed by atoms with E-state index in [1.807, 2.05) is 17.3 Å². The first kappa shape index (κ1) is 14.2. The minimum absolute atomic E-state index is 0.0183. The van der Waals surface area contributed by atoms with E-state index < -0.39 is 0 Å². The number of amides is 1. The van der Waals surface area contributed by atoms with Crippen molar-refractivity contribution >= 4 is 17.5 Å². The van der Waals surface area contributed by atoms with Gasteiger partial charge in [-0.2, -0.15) is 0 Å². The molecule has 3 heterocycles. The van der Waals surface area contributed by atoms with Gasteiger partial charge in [-0.05, 0) is 18.9 Å². The number of likely N-dealkylation sites (tertiary alicyclic amines) is 1. The number of hydrogen-bond acceptors (Lipinski definition) is 2. The molecular weight excluding hydrogens is 288 g/mol. The number of nitrogens with one attached hydrogen (secondary N) is 1. The number of nitrogens with zero attached hydrogens (tertiary/aromatic N) is 3. The first-order chi connectivity index (χ1) is 10.2. The molecule has 0 aromatic carbocycles. The molecular formula is C15H19ClN4O. The maximum absolute atomic E-state index is 12.5. The molecule has 0 radical (unpaired) electrons. The second kappa shape index (κ2) is 5.93. The molecule has 1 N–H and O–H groups in total. The molecule has 1 saturated heterocycles. The molecule has 3 rings (SSSR count). The van der Waals surface area contributed by atoms with Crippen molar-refractivity contribution in [3.63, 3.8) is 0 Å². The lowest BCUT2D eigenvalue weighted by atomic mass is 10.0. The van der Waals surface area contributed by atoms with E-state index in [0.29, 0.717) is 16.8 Å². The summed E-state index contributed by atoms with van der Waals surface area (Å²) in [6.45, 7) is 3.62. The van der Waals surface area contributed by atoms with Gasteiger partial charge in [0.25, 0.3) is 5.91 Å². The molecule has 6 heteroatoms. The smallest absolute Gasteiger partial charge is 0.270 e. The zero-order valence-electron chi connectivity index (χ0n) is 12.1. The van der Waals surface area contributed by atoms with E-state index >= 15 is 0 Å². The van der Waals surface area contributed by atoms with Crippen molar-refractivity contribution in [2.24, 2.45) is 0 Å². The SMILES string of the molecule is CCc1nccn1[C@H]1CCCN(C(=O)c2cc(Cl)c[nH]2)C1. The number of carbonyl (C=O) groups excluding carboxylic acids is 1. The number of piperidine rings is 1. The summed E-state index contributed by atoms with van der Waals surface area (Å²) in [6, 6.07) is 1.99. The normalized spacial score (nSPS) is 19.0. The molecule has 1 aliphatic heterocycles. The predicted molar refractivity (Wildman–Crippen MR) is 81.6 cm³/mol. The number of hydrogen-bond donors (Lipinski definition) is 1. The number of aromatic nitrogens is 3. The summed E-state index contributed by atoms with van der Waals surface area (Å²) in [6.07, 6.45) is 8.49. The summed E-state index contributed by atoms with van der Waals surface area (Å²) in [5, 5.41) is 0.565. The summed E-state index contributed by atoms with van der Waals surface area (Å²) in [7, 11) is 0. The topological polar surface area (TPSA) is 53.9 Å². The van der Waals surface area contributed by atoms with Crippen LogP contribution >= 0.6 is 11.6 Å². The number of carbonyl (C=O) groups is 1. The van der Waals surface area contributed by atoms with Crippen LogP contribution in [0.3, 0.4) is 0 Å². The fourth-order valence-corrected chi connectivity index (χ4v) is 3.14. The van der Waals surface area contributed by atoms with Gasteiger partial charge in [0, 0.05) is 38.1 Å².